The summed E-state index contributed by atoms with van der Waals surface area (Å²) >= 11 is 0. The van der Waals surface area contributed by atoms with E-state index in [0.29, 0.717) is 0 Å². The zero-order valence-corrected chi connectivity index (χ0v) is 12.8. The summed E-state index contributed by atoms with van der Waals surface area (Å²) in [5.74, 6) is 1.72. The maximum absolute atomic E-state index is 10.7. The van der Waals surface area contributed by atoms with Crippen LogP contribution in [0.4, 0.5) is 0 Å². The first-order valence-electron chi connectivity index (χ1n) is 6.96. The van der Waals surface area contributed by atoms with Crippen molar-refractivity contribution >= 4 is 52.8 Å². The summed E-state index contributed by atoms with van der Waals surface area (Å²) in [6, 6.07) is 8.00. The van der Waals surface area contributed by atoms with Gasteiger partial charge in [-0.25, -0.2) is 0 Å². The Hall–Kier alpha value is -1.82. The minimum atomic E-state index is 0. The fraction of sp³-hybridized carbons (Fsp3) is 0.176. The molecule has 0 saturated carbocycles. The summed E-state index contributed by atoms with van der Waals surface area (Å²) < 4.78 is 9.19. The van der Waals surface area contributed by atoms with E-state index in [1.165, 1.54) is 6.08 Å². The molecule has 0 spiro atoms. The van der Waals surface area contributed by atoms with Crippen molar-refractivity contribution in [3.63, 3.8) is 0 Å². The number of aromatic nitrogens is 3. The fourth-order valence-electron chi connectivity index (χ4n) is 2.70. The Morgan fingerprint density at radius 2 is 2.04 bits per heavy atom. The third-order valence-corrected chi connectivity index (χ3v) is 3.71. The van der Waals surface area contributed by atoms with Crippen LogP contribution in [0.1, 0.15) is 11.3 Å². The van der Waals surface area contributed by atoms with E-state index >= 15 is 0 Å². The molecule has 0 amide bonds. The molecule has 3 rings (SSSR count). The van der Waals surface area contributed by atoms with Crippen molar-refractivity contribution in [2.45, 2.75) is 6.92 Å². The fourth-order valence-corrected chi connectivity index (χ4v) is 2.70. The van der Waals surface area contributed by atoms with Crippen LogP contribution < -0.4 is 4.74 Å². The van der Waals surface area contributed by atoms with Crippen LogP contribution in [0.25, 0.3) is 22.8 Å². The van der Waals surface area contributed by atoms with Crippen LogP contribution in [-0.2, 0) is 11.8 Å². The minimum absolute atomic E-state index is 0. The first-order valence-corrected chi connectivity index (χ1v) is 6.96. The molecular formula is C17H18N3NaO2. The second kappa shape index (κ2) is 7.17. The van der Waals surface area contributed by atoms with Gasteiger partial charge in [-0.15, -0.1) is 0 Å². The van der Waals surface area contributed by atoms with E-state index in [1.807, 2.05) is 49.1 Å². The number of ether oxygens (including phenoxy) is 1. The summed E-state index contributed by atoms with van der Waals surface area (Å²) in [5.41, 5.74) is 2.83. The molecule has 0 N–H and O–H groups in total. The zero-order valence-electron chi connectivity index (χ0n) is 12.8. The summed E-state index contributed by atoms with van der Waals surface area (Å²) in [6.45, 7) is 1.93. The number of hydrogen-bond donors (Lipinski definition) is 0. The molecule has 0 fully saturated rings. The van der Waals surface area contributed by atoms with Crippen LogP contribution in [0, 0.1) is 6.92 Å². The van der Waals surface area contributed by atoms with Crippen LogP contribution in [0.5, 0.6) is 5.75 Å². The number of methoxy groups -OCH3 is 1. The average Bonchev–Trinajstić information content (AvgIpc) is 3.04. The normalized spacial score (nSPS) is 10.9. The molecular weight excluding hydrogens is 301 g/mol. The van der Waals surface area contributed by atoms with Crippen LogP contribution in [0.2, 0.25) is 0 Å². The number of carbonyl (C=O) groups excluding carboxylic acids is 1. The Labute approximate surface area is 156 Å². The van der Waals surface area contributed by atoms with Crippen molar-refractivity contribution < 1.29 is 9.53 Å². The summed E-state index contributed by atoms with van der Waals surface area (Å²) in [5, 5.41) is 5.58. The monoisotopic (exact) mass is 319 g/mol. The third kappa shape index (κ3) is 3.13. The molecule has 0 aliphatic carbocycles. The standard InChI is InChI=1S/C17H17N3O2.Na.H/c1-12-15(5-4-10-21)17(19(2)18-12)20-9-8-13-6-7-14(22-3)11-16(13)20;;/h4-11H,1-3H3;;/b5-4+;;. The van der Waals surface area contributed by atoms with E-state index < -0.39 is 0 Å². The number of fused-ring (bicyclic) bond motifs is 1. The quantitative estimate of drug-likeness (QED) is 0.421. The second-order valence-electron chi connectivity index (χ2n) is 5.05. The molecule has 0 unspecified atom stereocenters. The average molecular weight is 319 g/mol. The molecule has 0 atom stereocenters. The molecule has 0 radical (unpaired) electrons. The van der Waals surface area contributed by atoms with Gasteiger partial charge in [0.1, 0.15) is 17.9 Å². The topological polar surface area (TPSA) is 49.1 Å². The zero-order chi connectivity index (χ0) is 15.7. The number of carbonyl (C=O) groups is 1. The van der Waals surface area contributed by atoms with Crippen molar-refractivity contribution in [1.82, 2.24) is 14.3 Å². The first kappa shape index (κ1) is 17.5. The van der Waals surface area contributed by atoms with Gasteiger partial charge in [-0.05, 0) is 37.3 Å². The van der Waals surface area contributed by atoms with Gasteiger partial charge in [0, 0.05) is 30.3 Å². The van der Waals surface area contributed by atoms with Gasteiger partial charge in [0.25, 0.3) is 0 Å². The van der Waals surface area contributed by atoms with Crippen molar-refractivity contribution in [2.24, 2.45) is 7.05 Å². The molecule has 2 heterocycles. The van der Waals surface area contributed by atoms with Crippen molar-refractivity contribution in [3.05, 3.63) is 47.8 Å². The number of allylic oxidation sites excluding steroid dienone is 1. The molecule has 5 nitrogen and oxygen atoms in total. The maximum atomic E-state index is 10.7. The van der Waals surface area contributed by atoms with Crippen LogP contribution in [0.15, 0.2) is 36.5 Å². The Kier molecular flexibility index (Phi) is 5.46. The molecule has 3 aromatic rings. The molecule has 114 valence electrons. The first-order chi connectivity index (χ1) is 10.7. The molecule has 23 heavy (non-hydrogen) atoms. The van der Waals surface area contributed by atoms with E-state index in [2.05, 4.69) is 9.67 Å². The van der Waals surface area contributed by atoms with Gasteiger partial charge in [0.15, 0.2) is 0 Å². The molecule has 2 aromatic heterocycles. The number of benzene rings is 1. The summed E-state index contributed by atoms with van der Waals surface area (Å²) in [7, 11) is 3.55. The number of rotatable bonds is 4. The van der Waals surface area contributed by atoms with Crippen molar-refractivity contribution in [3.8, 4) is 11.6 Å². The molecule has 0 saturated heterocycles. The predicted molar refractivity (Wildman–Crippen MR) is 93.6 cm³/mol. The van der Waals surface area contributed by atoms with E-state index in [-0.39, 0.29) is 29.6 Å². The Bertz CT molecular complexity index is 877. The van der Waals surface area contributed by atoms with E-state index in [4.69, 9.17) is 4.74 Å². The van der Waals surface area contributed by atoms with Gasteiger partial charge in [-0.2, -0.15) is 5.10 Å². The van der Waals surface area contributed by atoms with Gasteiger partial charge >= 0.3 is 29.6 Å². The molecule has 0 aliphatic heterocycles. The van der Waals surface area contributed by atoms with Gasteiger partial charge in [0.05, 0.1) is 18.3 Å². The van der Waals surface area contributed by atoms with E-state index in [0.717, 1.165) is 40.0 Å². The second-order valence-corrected chi connectivity index (χ2v) is 5.05. The van der Waals surface area contributed by atoms with Crippen LogP contribution in [-0.4, -0.2) is 57.3 Å². The summed E-state index contributed by atoms with van der Waals surface area (Å²) in [6.07, 6.45) is 6.04. The Balaban J connectivity index is 0.00000192. The van der Waals surface area contributed by atoms with Gasteiger partial charge < -0.3 is 9.30 Å². The molecule has 1 aromatic carbocycles. The third-order valence-electron chi connectivity index (χ3n) is 3.71. The van der Waals surface area contributed by atoms with Gasteiger partial charge in [-0.3, -0.25) is 9.48 Å². The van der Waals surface area contributed by atoms with Gasteiger partial charge in [-0.1, -0.05) is 0 Å². The number of hydrogen-bond acceptors (Lipinski definition) is 3. The van der Waals surface area contributed by atoms with Crippen molar-refractivity contribution in [2.75, 3.05) is 7.11 Å². The predicted octanol–water partition coefficient (Wildman–Crippen LogP) is 2.24. The van der Waals surface area contributed by atoms with Gasteiger partial charge in [0.2, 0.25) is 0 Å². The number of nitrogens with zero attached hydrogens (tertiary/aromatic N) is 3. The SMILES string of the molecule is COc1ccc2ccn(-c3c(/C=C/C=O)c(C)nn3C)c2c1.[NaH]. The Morgan fingerprint density at radius 1 is 1.26 bits per heavy atom. The van der Waals surface area contributed by atoms with E-state index in [9.17, 15) is 4.79 Å². The molecule has 6 heteroatoms. The summed E-state index contributed by atoms with van der Waals surface area (Å²) in [4.78, 5) is 10.7. The Morgan fingerprint density at radius 3 is 2.74 bits per heavy atom. The van der Waals surface area contributed by atoms with Crippen LogP contribution >= 0.6 is 0 Å². The van der Waals surface area contributed by atoms with Crippen LogP contribution in [0.3, 0.4) is 0 Å². The molecule has 0 aliphatic rings. The number of aldehydes is 1. The number of aryl methyl sites for hydroxylation is 2. The van der Waals surface area contributed by atoms with E-state index in [1.54, 1.807) is 13.2 Å². The van der Waals surface area contributed by atoms with Crippen molar-refractivity contribution in [1.29, 1.82) is 0 Å². The molecule has 0 bridgehead atoms.